The van der Waals surface area contributed by atoms with E-state index in [0.29, 0.717) is 48.7 Å². The molecule has 0 spiro atoms. The Morgan fingerprint density at radius 1 is 1.16 bits per heavy atom. The standard InChI is InChI=1S/C22H28F2N4O3/c1-14-12-15(13-26(5)20(14)29)16-6-7-17(25-18(16)19(23)24)27-8-10-28(11-9-27)21(30)31-22(2,3)4/h6-7,12-13,19H,8-11H2,1-5H3. The highest BCUT2D eigenvalue weighted by Gasteiger charge is 2.27. The third-order valence-corrected chi connectivity index (χ3v) is 5.05. The monoisotopic (exact) mass is 434 g/mol. The Labute approximate surface area is 180 Å². The molecule has 9 heteroatoms. The zero-order valence-corrected chi connectivity index (χ0v) is 18.5. The lowest BCUT2D eigenvalue weighted by Gasteiger charge is -2.36. The maximum atomic E-state index is 13.8. The molecule has 3 rings (SSSR count). The summed E-state index contributed by atoms with van der Waals surface area (Å²) < 4.78 is 34.5. The third-order valence-electron chi connectivity index (χ3n) is 5.05. The Hall–Kier alpha value is -2.97. The first-order valence-electron chi connectivity index (χ1n) is 10.2. The fraction of sp³-hybridized carbons (Fsp3) is 0.500. The van der Waals surface area contributed by atoms with Crippen LogP contribution in [-0.4, -0.2) is 52.3 Å². The van der Waals surface area contributed by atoms with Gasteiger partial charge in [-0.3, -0.25) is 4.79 Å². The summed E-state index contributed by atoms with van der Waals surface area (Å²) in [6.45, 7) is 8.85. The SMILES string of the molecule is Cc1cc(-c2ccc(N3CCN(C(=O)OC(C)(C)C)CC3)nc2C(F)F)cn(C)c1=O. The maximum Gasteiger partial charge on any atom is 0.410 e. The molecule has 3 heterocycles. The first kappa shape index (κ1) is 22.7. The number of alkyl halides is 2. The minimum atomic E-state index is -2.77. The van der Waals surface area contributed by atoms with E-state index in [4.69, 9.17) is 4.74 Å². The molecule has 31 heavy (non-hydrogen) atoms. The second-order valence-electron chi connectivity index (χ2n) is 8.69. The molecule has 0 aliphatic carbocycles. The molecule has 0 saturated carbocycles. The Morgan fingerprint density at radius 2 is 1.81 bits per heavy atom. The summed E-state index contributed by atoms with van der Waals surface area (Å²) >= 11 is 0. The molecule has 0 N–H and O–H groups in total. The topological polar surface area (TPSA) is 67.7 Å². The molecule has 0 bridgehead atoms. The van der Waals surface area contributed by atoms with Crippen LogP contribution in [0.2, 0.25) is 0 Å². The predicted octanol–water partition coefficient (Wildman–Crippen LogP) is 3.75. The molecular weight excluding hydrogens is 406 g/mol. The van der Waals surface area contributed by atoms with Crippen molar-refractivity contribution in [3.05, 3.63) is 46.0 Å². The van der Waals surface area contributed by atoms with Crippen LogP contribution in [0.15, 0.2) is 29.2 Å². The van der Waals surface area contributed by atoms with E-state index in [0.717, 1.165) is 0 Å². The van der Waals surface area contributed by atoms with E-state index in [2.05, 4.69) is 4.98 Å². The number of halogens is 2. The number of rotatable bonds is 3. The van der Waals surface area contributed by atoms with E-state index in [9.17, 15) is 18.4 Å². The quantitative estimate of drug-likeness (QED) is 0.736. The number of carbonyl (C=O) groups excluding carboxylic acids is 1. The van der Waals surface area contributed by atoms with Gasteiger partial charge in [0.1, 0.15) is 17.1 Å². The fourth-order valence-electron chi connectivity index (χ4n) is 3.52. The van der Waals surface area contributed by atoms with E-state index < -0.39 is 12.0 Å². The van der Waals surface area contributed by atoms with Crippen molar-refractivity contribution in [2.45, 2.75) is 39.7 Å². The molecule has 1 aliphatic rings. The van der Waals surface area contributed by atoms with Crippen LogP contribution in [0, 0.1) is 6.92 Å². The molecule has 168 valence electrons. The number of ether oxygens (including phenoxy) is 1. The summed E-state index contributed by atoms with van der Waals surface area (Å²) in [6.07, 6.45) is -1.61. The van der Waals surface area contributed by atoms with E-state index >= 15 is 0 Å². The summed E-state index contributed by atoms with van der Waals surface area (Å²) in [4.78, 5) is 31.9. The highest BCUT2D eigenvalue weighted by molar-refractivity contribution is 5.69. The lowest BCUT2D eigenvalue weighted by atomic mass is 10.0. The Kier molecular flexibility index (Phi) is 6.33. The number of pyridine rings is 2. The molecule has 1 fully saturated rings. The number of nitrogens with zero attached hydrogens (tertiary/aromatic N) is 4. The van der Waals surface area contributed by atoms with Gasteiger partial charge in [0.05, 0.1) is 0 Å². The van der Waals surface area contributed by atoms with Crippen molar-refractivity contribution in [2.24, 2.45) is 7.05 Å². The molecule has 1 amide bonds. The molecule has 0 atom stereocenters. The average Bonchev–Trinajstić information content (AvgIpc) is 2.70. The molecule has 2 aromatic rings. The van der Waals surface area contributed by atoms with E-state index in [1.807, 2.05) is 25.7 Å². The van der Waals surface area contributed by atoms with Gasteiger partial charge in [-0.15, -0.1) is 0 Å². The van der Waals surface area contributed by atoms with Crippen molar-refractivity contribution in [2.75, 3.05) is 31.1 Å². The van der Waals surface area contributed by atoms with Gasteiger partial charge in [0.2, 0.25) is 0 Å². The zero-order chi connectivity index (χ0) is 22.9. The molecule has 0 radical (unpaired) electrons. The van der Waals surface area contributed by atoms with Crippen molar-refractivity contribution >= 4 is 11.9 Å². The number of aryl methyl sites for hydroxylation is 2. The lowest BCUT2D eigenvalue weighted by Crippen LogP contribution is -2.50. The molecule has 1 aliphatic heterocycles. The van der Waals surface area contributed by atoms with Gasteiger partial charge in [-0.25, -0.2) is 18.6 Å². The van der Waals surface area contributed by atoms with Crippen molar-refractivity contribution in [1.29, 1.82) is 0 Å². The maximum absolute atomic E-state index is 13.8. The van der Waals surface area contributed by atoms with Crippen molar-refractivity contribution < 1.29 is 18.3 Å². The number of hydrogen-bond donors (Lipinski definition) is 0. The van der Waals surface area contributed by atoms with Gasteiger partial charge in [-0.2, -0.15) is 0 Å². The average molecular weight is 434 g/mol. The minimum absolute atomic E-state index is 0.171. The van der Waals surface area contributed by atoms with Crippen LogP contribution in [0.5, 0.6) is 0 Å². The van der Waals surface area contributed by atoms with E-state index in [1.165, 1.54) is 10.8 Å². The summed E-state index contributed by atoms with van der Waals surface area (Å²) in [5, 5.41) is 0. The minimum Gasteiger partial charge on any atom is -0.444 e. The van der Waals surface area contributed by atoms with Crippen LogP contribution >= 0.6 is 0 Å². The normalized spacial score (nSPS) is 14.8. The van der Waals surface area contributed by atoms with Crippen LogP contribution in [0.1, 0.15) is 38.5 Å². The van der Waals surface area contributed by atoms with E-state index in [1.54, 1.807) is 37.1 Å². The number of carbonyl (C=O) groups is 1. The van der Waals surface area contributed by atoms with E-state index in [-0.39, 0.29) is 17.3 Å². The highest BCUT2D eigenvalue weighted by Crippen LogP contribution is 2.32. The first-order valence-corrected chi connectivity index (χ1v) is 10.2. The van der Waals surface area contributed by atoms with Crippen LogP contribution < -0.4 is 10.5 Å². The van der Waals surface area contributed by atoms with Crippen molar-refractivity contribution in [3.63, 3.8) is 0 Å². The predicted molar refractivity (Wildman–Crippen MR) is 115 cm³/mol. The Bertz CT molecular complexity index is 996. The first-order chi connectivity index (χ1) is 14.5. The number of anilines is 1. The van der Waals surface area contributed by atoms with Crippen LogP contribution in [-0.2, 0) is 11.8 Å². The third kappa shape index (κ3) is 5.21. The van der Waals surface area contributed by atoms with Gasteiger partial charge in [0, 0.05) is 56.1 Å². The lowest BCUT2D eigenvalue weighted by molar-refractivity contribution is 0.0240. The fourth-order valence-corrected chi connectivity index (χ4v) is 3.52. The molecule has 0 aromatic carbocycles. The zero-order valence-electron chi connectivity index (χ0n) is 18.5. The van der Waals surface area contributed by atoms with Crippen LogP contribution in [0.25, 0.3) is 11.1 Å². The molecule has 1 saturated heterocycles. The van der Waals surface area contributed by atoms with Gasteiger partial charge in [-0.1, -0.05) is 0 Å². The van der Waals surface area contributed by atoms with Crippen molar-refractivity contribution in [1.82, 2.24) is 14.5 Å². The Balaban J connectivity index is 1.81. The van der Waals surface area contributed by atoms with Gasteiger partial charge < -0.3 is 19.1 Å². The van der Waals surface area contributed by atoms with Crippen molar-refractivity contribution in [3.8, 4) is 11.1 Å². The summed E-state index contributed by atoms with van der Waals surface area (Å²) in [7, 11) is 1.59. The van der Waals surface area contributed by atoms with Crippen LogP contribution in [0.3, 0.4) is 0 Å². The molecule has 2 aromatic heterocycles. The summed E-state index contributed by atoms with van der Waals surface area (Å²) in [6, 6.07) is 4.92. The van der Waals surface area contributed by atoms with Crippen LogP contribution in [0.4, 0.5) is 19.4 Å². The number of piperazine rings is 1. The summed E-state index contributed by atoms with van der Waals surface area (Å²) in [5.41, 5.74) is 0.216. The van der Waals surface area contributed by atoms with Gasteiger partial charge in [-0.05, 0) is 45.9 Å². The second kappa shape index (κ2) is 8.64. The molecule has 7 nitrogen and oxygen atoms in total. The number of aromatic nitrogens is 2. The number of amides is 1. The van der Waals surface area contributed by atoms with Gasteiger partial charge in [0.15, 0.2) is 0 Å². The second-order valence-corrected chi connectivity index (χ2v) is 8.69. The Morgan fingerprint density at radius 3 is 2.35 bits per heavy atom. The smallest absolute Gasteiger partial charge is 0.410 e. The number of hydrogen-bond acceptors (Lipinski definition) is 5. The highest BCUT2D eigenvalue weighted by atomic mass is 19.3. The largest absolute Gasteiger partial charge is 0.444 e. The van der Waals surface area contributed by atoms with Gasteiger partial charge in [0.25, 0.3) is 12.0 Å². The van der Waals surface area contributed by atoms with Gasteiger partial charge >= 0.3 is 6.09 Å². The molecule has 0 unspecified atom stereocenters. The molecular formula is C22H28F2N4O3. The summed E-state index contributed by atoms with van der Waals surface area (Å²) in [5.74, 6) is 0.435.